The first kappa shape index (κ1) is 12.8. The maximum absolute atomic E-state index is 8.68. The molecule has 0 aromatic heterocycles. The van der Waals surface area contributed by atoms with Crippen molar-refractivity contribution in [3.8, 4) is 5.75 Å². The van der Waals surface area contributed by atoms with Crippen LogP contribution in [0.5, 0.6) is 5.75 Å². The third-order valence-electron chi connectivity index (χ3n) is 2.24. The molecule has 0 radical (unpaired) electrons. The van der Waals surface area contributed by atoms with Crippen molar-refractivity contribution < 1.29 is 9.84 Å². The van der Waals surface area contributed by atoms with Crippen LogP contribution in [-0.4, -0.2) is 24.9 Å². The lowest BCUT2D eigenvalue weighted by molar-refractivity contribution is 0.200. The molecule has 0 amide bonds. The lowest BCUT2D eigenvalue weighted by Crippen LogP contribution is -2.08. The first-order chi connectivity index (χ1) is 7.63. The molecule has 0 saturated heterocycles. The van der Waals surface area contributed by atoms with Gasteiger partial charge in [-0.15, -0.1) is 0 Å². The molecule has 0 aliphatic heterocycles. The summed E-state index contributed by atoms with van der Waals surface area (Å²) in [7, 11) is 0. The van der Waals surface area contributed by atoms with Gasteiger partial charge in [0.15, 0.2) is 0 Å². The number of aliphatic hydroxyl groups is 1. The van der Waals surface area contributed by atoms with E-state index in [0.717, 1.165) is 23.5 Å². The van der Waals surface area contributed by atoms with Crippen molar-refractivity contribution in [1.82, 2.24) is 0 Å². The van der Waals surface area contributed by atoms with Crippen molar-refractivity contribution in [2.45, 2.75) is 20.8 Å². The summed E-state index contributed by atoms with van der Waals surface area (Å²) >= 11 is 0. The van der Waals surface area contributed by atoms with Crippen LogP contribution in [0.2, 0.25) is 0 Å². The molecule has 0 heterocycles. The molecule has 0 saturated carbocycles. The van der Waals surface area contributed by atoms with Crippen LogP contribution in [0.1, 0.15) is 19.4 Å². The van der Waals surface area contributed by atoms with Gasteiger partial charge in [0.05, 0.1) is 6.61 Å². The summed E-state index contributed by atoms with van der Waals surface area (Å²) in [6.07, 6.45) is 0. The Balaban J connectivity index is 2.59. The van der Waals surface area contributed by atoms with Crippen LogP contribution in [0, 0.1) is 12.8 Å². The second-order valence-electron chi connectivity index (χ2n) is 4.33. The fraction of sp³-hybridized carbons (Fsp3) is 0.538. The summed E-state index contributed by atoms with van der Waals surface area (Å²) in [4.78, 5) is 0. The Morgan fingerprint density at radius 2 is 2.12 bits per heavy atom. The molecule has 1 aromatic carbocycles. The summed E-state index contributed by atoms with van der Waals surface area (Å²) in [5, 5.41) is 12.0. The topological polar surface area (TPSA) is 41.5 Å². The Labute approximate surface area is 97.4 Å². The highest BCUT2D eigenvalue weighted by molar-refractivity contribution is 5.50. The number of nitrogens with one attached hydrogen (secondary N) is 1. The molecule has 0 unspecified atom stereocenters. The standard InChI is InChI=1S/C13H21NO2/c1-10(2)9-14-12-4-5-13(11(3)8-12)16-7-6-15/h4-5,8,10,14-15H,6-7,9H2,1-3H3. The minimum atomic E-state index is 0.0484. The number of rotatable bonds is 6. The largest absolute Gasteiger partial charge is 0.491 e. The number of hydrogen-bond donors (Lipinski definition) is 2. The molecule has 0 fully saturated rings. The molecule has 0 aliphatic carbocycles. The van der Waals surface area contributed by atoms with Gasteiger partial charge in [-0.25, -0.2) is 0 Å². The van der Waals surface area contributed by atoms with Crippen molar-refractivity contribution in [3.63, 3.8) is 0 Å². The quantitative estimate of drug-likeness (QED) is 0.778. The molecule has 1 aromatic rings. The molecular formula is C13H21NO2. The molecule has 90 valence electrons. The highest BCUT2D eigenvalue weighted by Gasteiger charge is 2.01. The zero-order chi connectivity index (χ0) is 12.0. The van der Waals surface area contributed by atoms with E-state index in [-0.39, 0.29) is 6.61 Å². The number of ether oxygens (including phenoxy) is 1. The summed E-state index contributed by atoms with van der Waals surface area (Å²) < 4.78 is 5.39. The van der Waals surface area contributed by atoms with Crippen molar-refractivity contribution in [1.29, 1.82) is 0 Å². The zero-order valence-electron chi connectivity index (χ0n) is 10.3. The van der Waals surface area contributed by atoms with Crippen LogP contribution in [0.15, 0.2) is 18.2 Å². The molecular weight excluding hydrogens is 202 g/mol. The van der Waals surface area contributed by atoms with E-state index in [9.17, 15) is 0 Å². The SMILES string of the molecule is Cc1cc(NCC(C)C)ccc1OCCO. The predicted molar refractivity (Wildman–Crippen MR) is 67.1 cm³/mol. The van der Waals surface area contributed by atoms with Gasteiger partial charge in [-0.2, -0.15) is 0 Å². The predicted octanol–water partition coefficient (Wildman–Crippen LogP) is 2.43. The summed E-state index contributed by atoms with van der Waals surface area (Å²) in [6, 6.07) is 6.00. The van der Waals surface area contributed by atoms with Gasteiger partial charge < -0.3 is 15.2 Å². The van der Waals surface area contributed by atoms with Crippen molar-refractivity contribution in [3.05, 3.63) is 23.8 Å². The van der Waals surface area contributed by atoms with E-state index in [0.29, 0.717) is 12.5 Å². The van der Waals surface area contributed by atoms with Crippen LogP contribution >= 0.6 is 0 Å². The first-order valence-electron chi connectivity index (χ1n) is 5.71. The van der Waals surface area contributed by atoms with Crippen molar-refractivity contribution in [2.75, 3.05) is 25.1 Å². The molecule has 2 N–H and O–H groups in total. The van der Waals surface area contributed by atoms with Gasteiger partial charge >= 0.3 is 0 Å². The lowest BCUT2D eigenvalue weighted by atomic mass is 10.2. The van der Waals surface area contributed by atoms with Crippen molar-refractivity contribution >= 4 is 5.69 Å². The molecule has 0 aliphatic rings. The number of anilines is 1. The Morgan fingerprint density at radius 3 is 2.69 bits per heavy atom. The molecule has 0 bridgehead atoms. The Hall–Kier alpha value is -1.22. The summed E-state index contributed by atoms with van der Waals surface area (Å²) in [5.41, 5.74) is 2.20. The fourth-order valence-corrected chi connectivity index (χ4v) is 1.40. The molecule has 0 spiro atoms. The van der Waals surface area contributed by atoms with Gasteiger partial charge in [0, 0.05) is 12.2 Å². The average Bonchev–Trinajstić information content (AvgIpc) is 2.25. The number of aliphatic hydroxyl groups excluding tert-OH is 1. The monoisotopic (exact) mass is 223 g/mol. The van der Waals surface area contributed by atoms with E-state index in [4.69, 9.17) is 9.84 Å². The number of hydrogen-bond acceptors (Lipinski definition) is 3. The minimum absolute atomic E-state index is 0.0484. The van der Waals surface area contributed by atoms with Crippen LogP contribution in [0.25, 0.3) is 0 Å². The second kappa shape index (κ2) is 6.38. The van der Waals surface area contributed by atoms with Gasteiger partial charge in [0.25, 0.3) is 0 Å². The van der Waals surface area contributed by atoms with E-state index >= 15 is 0 Å². The third kappa shape index (κ3) is 4.11. The number of benzene rings is 1. The molecule has 1 rings (SSSR count). The maximum Gasteiger partial charge on any atom is 0.122 e. The van der Waals surface area contributed by atoms with E-state index in [1.54, 1.807) is 0 Å². The smallest absolute Gasteiger partial charge is 0.122 e. The van der Waals surface area contributed by atoms with Gasteiger partial charge in [0.2, 0.25) is 0 Å². The molecule has 16 heavy (non-hydrogen) atoms. The average molecular weight is 223 g/mol. The Bertz CT molecular complexity index is 324. The Morgan fingerprint density at radius 1 is 1.38 bits per heavy atom. The van der Waals surface area contributed by atoms with Gasteiger partial charge in [-0.1, -0.05) is 13.8 Å². The highest BCUT2D eigenvalue weighted by atomic mass is 16.5. The van der Waals surface area contributed by atoms with E-state index < -0.39 is 0 Å². The number of aryl methyl sites for hydroxylation is 1. The second-order valence-corrected chi connectivity index (χ2v) is 4.33. The van der Waals surface area contributed by atoms with Gasteiger partial charge in [-0.3, -0.25) is 0 Å². The van der Waals surface area contributed by atoms with Gasteiger partial charge in [0.1, 0.15) is 12.4 Å². The molecule has 3 nitrogen and oxygen atoms in total. The zero-order valence-corrected chi connectivity index (χ0v) is 10.3. The van der Waals surface area contributed by atoms with E-state index in [2.05, 4.69) is 25.2 Å². The minimum Gasteiger partial charge on any atom is -0.491 e. The summed E-state index contributed by atoms with van der Waals surface area (Å²) in [5.74, 6) is 1.47. The van der Waals surface area contributed by atoms with Crippen molar-refractivity contribution in [2.24, 2.45) is 5.92 Å². The van der Waals surface area contributed by atoms with Crippen LogP contribution in [0.3, 0.4) is 0 Å². The maximum atomic E-state index is 8.68. The normalized spacial score (nSPS) is 10.6. The van der Waals surface area contributed by atoms with Crippen LogP contribution < -0.4 is 10.1 Å². The molecule has 3 heteroatoms. The highest BCUT2D eigenvalue weighted by Crippen LogP contribution is 2.21. The van der Waals surface area contributed by atoms with Crippen LogP contribution in [-0.2, 0) is 0 Å². The van der Waals surface area contributed by atoms with E-state index in [1.165, 1.54) is 0 Å². The third-order valence-corrected chi connectivity index (χ3v) is 2.24. The van der Waals surface area contributed by atoms with Crippen LogP contribution in [0.4, 0.5) is 5.69 Å². The van der Waals surface area contributed by atoms with Gasteiger partial charge in [-0.05, 0) is 36.6 Å². The van der Waals surface area contributed by atoms with E-state index in [1.807, 2.05) is 19.1 Å². The fourth-order valence-electron chi connectivity index (χ4n) is 1.40. The molecule has 0 atom stereocenters. The summed E-state index contributed by atoms with van der Waals surface area (Å²) in [6.45, 7) is 7.73. The Kier molecular flexibility index (Phi) is 5.12. The first-order valence-corrected chi connectivity index (χ1v) is 5.71. The lowest BCUT2D eigenvalue weighted by Gasteiger charge is -2.12.